The van der Waals surface area contributed by atoms with Crippen molar-refractivity contribution in [2.24, 2.45) is 0 Å². The second kappa shape index (κ2) is 6.42. The van der Waals surface area contributed by atoms with E-state index in [-0.39, 0.29) is 11.9 Å². The van der Waals surface area contributed by atoms with Gasteiger partial charge in [-0.25, -0.2) is 4.39 Å². The molecule has 3 heteroatoms. The first kappa shape index (κ1) is 15.1. The number of benzene rings is 2. The van der Waals surface area contributed by atoms with Gasteiger partial charge in [0.05, 0.1) is 0 Å². The van der Waals surface area contributed by atoms with Gasteiger partial charge in [-0.2, -0.15) is 0 Å². The van der Waals surface area contributed by atoms with Crippen LogP contribution in [-0.2, 0) is 0 Å². The van der Waals surface area contributed by atoms with Crippen LogP contribution in [0, 0.1) is 19.7 Å². The minimum absolute atomic E-state index is 0.124. The second-order valence-corrected chi connectivity index (χ2v) is 6.15. The molecule has 1 unspecified atom stereocenters. The molecule has 2 aromatic rings. The van der Waals surface area contributed by atoms with Gasteiger partial charge in [0.25, 0.3) is 0 Å². The van der Waals surface area contributed by atoms with Crippen molar-refractivity contribution in [2.45, 2.75) is 36.6 Å². The van der Waals surface area contributed by atoms with Gasteiger partial charge in [-0.1, -0.05) is 29.5 Å². The van der Waals surface area contributed by atoms with E-state index >= 15 is 0 Å². The molecule has 0 aromatic heterocycles. The summed E-state index contributed by atoms with van der Waals surface area (Å²) < 4.78 is 13.5. The zero-order valence-electron chi connectivity index (χ0n) is 12.3. The molecule has 0 aliphatic rings. The van der Waals surface area contributed by atoms with Crippen LogP contribution >= 0.6 is 11.8 Å². The van der Waals surface area contributed by atoms with Gasteiger partial charge >= 0.3 is 0 Å². The lowest BCUT2D eigenvalue weighted by molar-refractivity contribution is 0.601. The standard InChI is InChI=1S/C17H20FNS/c1-11-5-7-16(12(2)9-11)20-17-8-6-14(18)10-15(17)13(3)19-4/h5-10,13,19H,1-4H3. The summed E-state index contributed by atoms with van der Waals surface area (Å²) in [6.45, 7) is 6.24. The normalized spacial score (nSPS) is 12.4. The van der Waals surface area contributed by atoms with E-state index in [1.165, 1.54) is 22.1 Å². The van der Waals surface area contributed by atoms with Crippen molar-refractivity contribution in [3.8, 4) is 0 Å². The van der Waals surface area contributed by atoms with E-state index < -0.39 is 0 Å². The fourth-order valence-corrected chi connectivity index (χ4v) is 3.22. The summed E-state index contributed by atoms with van der Waals surface area (Å²) in [6, 6.07) is 11.5. The molecule has 0 aliphatic carbocycles. The van der Waals surface area contributed by atoms with E-state index in [2.05, 4.69) is 37.4 Å². The molecule has 1 nitrogen and oxygen atoms in total. The highest BCUT2D eigenvalue weighted by atomic mass is 32.2. The summed E-state index contributed by atoms with van der Waals surface area (Å²) in [5.41, 5.74) is 3.51. The summed E-state index contributed by atoms with van der Waals surface area (Å²) >= 11 is 1.70. The van der Waals surface area contributed by atoms with Gasteiger partial charge < -0.3 is 5.32 Å². The van der Waals surface area contributed by atoms with Crippen molar-refractivity contribution < 1.29 is 4.39 Å². The van der Waals surface area contributed by atoms with Crippen LogP contribution in [0.25, 0.3) is 0 Å². The van der Waals surface area contributed by atoms with Gasteiger partial charge in [0.2, 0.25) is 0 Å². The molecule has 1 N–H and O–H groups in total. The van der Waals surface area contributed by atoms with Crippen LogP contribution in [0.1, 0.15) is 29.7 Å². The van der Waals surface area contributed by atoms with Gasteiger partial charge in [0, 0.05) is 15.8 Å². The monoisotopic (exact) mass is 289 g/mol. The highest BCUT2D eigenvalue weighted by molar-refractivity contribution is 7.99. The highest BCUT2D eigenvalue weighted by Gasteiger charge is 2.12. The van der Waals surface area contributed by atoms with E-state index in [0.29, 0.717) is 0 Å². The first-order valence-corrected chi connectivity index (χ1v) is 7.54. The zero-order valence-corrected chi connectivity index (χ0v) is 13.1. The van der Waals surface area contributed by atoms with Crippen molar-refractivity contribution in [3.63, 3.8) is 0 Å². The first-order chi connectivity index (χ1) is 9.51. The molecular weight excluding hydrogens is 269 g/mol. The average Bonchev–Trinajstić information content (AvgIpc) is 2.42. The van der Waals surface area contributed by atoms with Gasteiger partial charge in [0.1, 0.15) is 5.82 Å². The number of aryl methyl sites for hydroxylation is 2. The number of rotatable bonds is 4. The van der Waals surface area contributed by atoms with E-state index in [1.54, 1.807) is 17.8 Å². The van der Waals surface area contributed by atoms with E-state index in [4.69, 9.17) is 0 Å². The van der Waals surface area contributed by atoms with E-state index in [0.717, 1.165) is 10.5 Å². The van der Waals surface area contributed by atoms with Crippen LogP contribution in [0.4, 0.5) is 4.39 Å². The van der Waals surface area contributed by atoms with Crippen LogP contribution < -0.4 is 5.32 Å². The summed E-state index contributed by atoms with van der Waals surface area (Å²) in [5.74, 6) is -0.188. The number of hydrogen-bond donors (Lipinski definition) is 1. The van der Waals surface area contributed by atoms with Crippen molar-refractivity contribution in [1.29, 1.82) is 0 Å². The fraction of sp³-hybridized carbons (Fsp3) is 0.294. The fourth-order valence-electron chi connectivity index (χ4n) is 2.14. The van der Waals surface area contributed by atoms with Crippen LogP contribution in [0.5, 0.6) is 0 Å². The Morgan fingerprint density at radius 2 is 1.75 bits per heavy atom. The Hall–Kier alpha value is -1.32. The molecule has 2 aromatic carbocycles. The molecule has 0 saturated carbocycles. The average molecular weight is 289 g/mol. The number of halogens is 1. The molecular formula is C17H20FNS. The van der Waals surface area contributed by atoms with Crippen LogP contribution in [-0.4, -0.2) is 7.05 Å². The van der Waals surface area contributed by atoms with Gasteiger partial charge in [-0.15, -0.1) is 0 Å². The third-order valence-electron chi connectivity index (χ3n) is 3.42. The quantitative estimate of drug-likeness (QED) is 0.861. The Morgan fingerprint density at radius 1 is 1.05 bits per heavy atom. The summed E-state index contributed by atoms with van der Waals surface area (Å²) in [7, 11) is 1.89. The van der Waals surface area contributed by atoms with Crippen LogP contribution in [0.15, 0.2) is 46.2 Å². The van der Waals surface area contributed by atoms with Gasteiger partial charge in [0.15, 0.2) is 0 Å². The van der Waals surface area contributed by atoms with Crippen molar-refractivity contribution in [1.82, 2.24) is 5.32 Å². The van der Waals surface area contributed by atoms with Crippen LogP contribution in [0.3, 0.4) is 0 Å². The Balaban J connectivity index is 2.37. The molecule has 0 aliphatic heterocycles. The first-order valence-electron chi connectivity index (χ1n) is 6.73. The molecule has 0 fully saturated rings. The molecule has 0 saturated heterocycles. The Bertz CT molecular complexity index is 610. The highest BCUT2D eigenvalue weighted by Crippen LogP contribution is 2.35. The van der Waals surface area contributed by atoms with Gasteiger partial charge in [-0.05, 0) is 63.2 Å². The van der Waals surface area contributed by atoms with Crippen LogP contribution in [0.2, 0.25) is 0 Å². The molecule has 1 atom stereocenters. The molecule has 0 heterocycles. The molecule has 0 spiro atoms. The smallest absolute Gasteiger partial charge is 0.123 e. The zero-order chi connectivity index (χ0) is 14.7. The SMILES string of the molecule is CNC(C)c1cc(F)ccc1Sc1ccc(C)cc1C. The largest absolute Gasteiger partial charge is 0.313 e. The van der Waals surface area contributed by atoms with Crippen molar-refractivity contribution in [3.05, 3.63) is 58.9 Å². The maximum Gasteiger partial charge on any atom is 0.123 e. The molecule has 0 radical (unpaired) electrons. The predicted molar refractivity (Wildman–Crippen MR) is 83.9 cm³/mol. The molecule has 0 amide bonds. The minimum atomic E-state index is -0.188. The third kappa shape index (κ3) is 3.41. The lowest BCUT2D eigenvalue weighted by atomic mass is 10.1. The molecule has 2 rings (SSSR count). The molecule has 20 heavy (non-hydrogen) atoms. The van der Waals surface area contributed by atoms with Crippen molar-refractivity contribution in [2.75, 3.05) is 7.05 Å². The molecule has 0 bridgehead atoms. The lowest BCUT2D eigenvalue weighted by Crippen LogP contribution is -2.13. The summed E-state index contributed by atoms with van der Waals surface area (Å²) in [4.78, 5) is 2.31. The lowest BCUT2D eigenvalue weighted by Gasteiger charge is -2.16. The maximum atomic E-state index is 13.5. The topological polar surface area (TPSA) is 12.0 Å². The minimum Gasteiger partial charge on any atom is -0.313 e. The summed E-state index contributed by atoms with van der Waals surface area (Å²) in [6.07, 6.45) is 0. The Kier molecular flexibility index (Phi) is 4.84. The third-order valence-corrected chi connectivity index (χ3v) is 4.69. The number of nitrogens with one attached hydrogen (secondary N) is 1. The van der Waals surface area contributed by atoms with E-state index in [9.17, 15) is 4.39 Å². The Morgan fingerprint density at radius 3 is 2.40 bits per heavy atom. The van der Waals surface area contributed by atoms with E-state index in [1.807, 2.05) is 20.0 Å². The second-order valence-electron chi connectivity index (χ2n) is 5.06. The van der Waals surface area contributed by atoms with Gasteiger partial charge in [-0.3, -0.25) is 0 Å². The van der Waals surface area contributed by atoms with Crippen molar-refractivity contribution >= 4 is 11.8 Å². The Labute approximate surface area is 124 Å². The molecule has 106 valence electrons. The maximum absolute atomic E-state index is 13.5. The summed E-state index contributed by atoms with van der Waals surface area (Å²) in [5, 5.41) is 3.18. The number of hydrogen-bond acceptors (Lipinski definition) is 2. The predicted octanol–water partition coefficient (Wildman–Crippen LogP) is 4.87.